The third kappa shape index (κ3) is 4.95. The van der Waals surface area contributed by atoms with E-state index < -0.39 is 0 Å². The molecule has 7 heteroatoms. The van der Waals surface area contributed by atoms with Gasteiger partial charge < -0.3 is 19.4 Å². The van der Waals surface area contributed by atoms with Crippen LogP contribution in [0.4, 0.5) is 5.69 Å². The standard InChI is InChI=1S/C21H24ClN3O3/c1-23(2)20(26)15-28-19-5-3-4-16(14-19)21(27)25-12-10-24(11-13-25)18-8-6-17(22)7-9-18/h3-9,14H,10-13,15H2,1-2H3. The van der Waals surface area contributed by atoms with Crippen LogP contribution in [0.1, 0.15) is 10.4 Å². The highest BCUT2D eigenvalue weighted by Gasteiger charge is 2.22. The quantitative estimate of drug-likeness (QED) is 0.773. The van der Waals surface area contributed by atoms with Gasteiger partial charge in [0.1, 0.15) is 5.75 Å². The number of nitrogens with zero attached hydrogens (tertiary/aromatic N) is 3. The summed E-state index contributed by atoms with van der Waals surface area (Å²) in [6.45, 7) is 2.77. The Morgan fingerprint density at radius 2 is 1.71 bits per heavy atom. The van der Waals surface area contributed by atoms with Gasteiger partial charge in [0, 0.05) is 56.5 Å². The van der Waals surface area contributed by atoms with Crippen LogP contribution in [-0.4, -0.2) is 68.5 Å². The van der Waals surface area contributed by atoms with Crippen molar-refractivity contribution in [1.82, 2.24) is 9.80 Å². The maximum atomic E-state index is 12.8. The summed E-state index contributed by atoms with van der Waals surface area (Å²) in [5, 5.41) is 0.715. The van der Waals surface area contributed by atoms with E-state index in [2.05, 4.69) is 4.90 Å². The molecule has 0 unspecified atom stereocenters. The van der Waals surface area contributed by atoms with Gasteiger partial charge in [0.15, 0.2) is 6.61 Å². The van der Waals surface area contributed by atoms with E-state index in [9.17, 15) is 9.59 Å². The first-order chi connectivity index (χ1) is 13.4. The number of piperazine rings is 1. The van der Waals surface area contributed by atoms with Crippen LogP contribution in [0.3, 0.4) is 0 Å². The average Bonchev–Trinajstić information content (AvgIpc) is 2.72. The van der Waals surface area contributed by atoms with Crippen LogP contribution >= 0.6 is 11.6 Å². The van der Waals surface area contributed by atoms with Crippen molar-refractivity contribution in [3.8, 4) is 5.75 Å². The van der Waals surface area contributed by atoms with E-state index in [0.717, 1.165) is 18.8 Å². The molecule has 0 bridgehead atoms. The van der Waals surface area contributed by atoms with Crippen LogP contribution in [0.5, 0.6) is 5.75 Å². The number of benzene rings is 2. The summed E-state index contributed by atoms with van der Waals surface area (Å²) in [4.78, 5) is 30.1. The number of halogens is 1. The van der Waals surface area contributed by atoms with E-state index in [1.54, 1.807) is 38.4 Å². The number of carbonyl (C=O) groups excluding carboxylic acids is 2. The highest BCUT2D eigenvalue weighted by molar-refractivity contribution is 6.30. The second kappa shape index (κ2) is 8.97. The SMILES string of the molecule is CN(C)C(=O)COc1cccc(C(=O)N2CCN(c3ccc(Cl)cc3)CC2)c1. The first-order valence-corrected chi connectivity index (χ1v) is 9.54. The van der Waals surface area contributed by atoms with E-state index in [0.29, 0.717) is 29.4 Å². The monoisotopic (exact) mass is 401 g/mol. The molecule has 1 fully saturated rings. The fourth-order valence-electron chi connectivity index (χ4n) is 3.00. The van der Waals surface area contributed by atoms with Crippen molar-refractivity contribution in [2.24, 2.45) is 0 Å². The average molecular weight is 402 g/mol. The zero-order chi connectivity index (χ0) is 20.1. The van der Waals surface area contributed by atoms with Crippen LogP contribution in [0.2, 0.25) is 5.02 Å². The zero-order valence-corrected chi connectivity index (χ0v) is 16.9. The number of anilines is 1. The lowest BCUT2D eigenvalue weighted by Gasteiger charge is -2.36. The molecule has 2 aromatic rings. The number of rotatable bonds is 5. The fraction of sp³-hybridized carbons (Fsp3) is 0.333. The first-order valence-electron chi connectivity index (χ1n) is 9.17. The molecule has 0 saturated carbocycles. The molecule has 148 valence electrons. The number of ether oxygens (including phenoxy) is 1. The van der Waals surface area contributed by atoms with Gasteiger partial charge in [-0.05, 0) is 42.5 Å². The molecule has 2 aromatic carbocycles. The van der Waals surface area contributed by atoms with Crippen molar-refractivity contribution in [1.29, 1.82) is 0 Å². The minimum Gasteiger partial charge on any atom is -0.484 e. The molecule has 0 atom stereocenters. The largest absolute Gasteiger partial charge is 0.484 e. The minimum absolute atomic E-state index is 0.0276. The number of hydrogen-bond acceptors (Lipinski definition) is 4. The summed E-state index contributed by atoms with van der Waals surface area (Å²) in [6, 6.07) is 14.7. The highest BCUT2D eigenvalue weighted by atomic mass is 35.5. The summed E-state index contributed by atoms with van der Waals surface area (Å²) in [5.41, 5.74) is 1.67. The molecule has 1 aliphatic heterocycles. The Hall–Kier alpha value is -2.73. The highest BCUT2D eigenvalue weighted by Crippen LogP contribution is 2.21. The minimum atomic E-state index is -0.130. The molecule has 0 aliphatic carbocycles. The van der Waals surface area contributed by atoms with Gasteiger partial charge in [-0.3, -0.25) is 9.59 Å². The van der Waals surface area contributed by atoms with Gasteiger partial charge in [-0.25, -0.2) is 0 Å². The molecule has 28 heavy (non-hydrogen) atoms. The van der Waals surface area contributed by atoms with E-state index in [1.165, 1.54) is 4.90 Å². The summed E-state index contributed by atoms with van der Waals surface area (Å²) < 4.78 is 5.51. The van der Waals surface area contributed by atoms with Gasteiger partial charge in [0.25, 0.3) is 11.8 Å². The maximum absolute atomic E-state index is 12.8. The topological polar surface area (TPSA) is 53.1 Å². The summed E-state index contributed by atoms with van der Waals surface area (Å²) >= 11 is 5.95. The van der Waals surface area contributed by atoms with Gasteiger partial charge >= 0.3 is 0 Å². The predicted octanol–water partition coefficient (Wildman–Crippen LogP) is 2.77. The van der Waals surface area contributed by atoms with Crippen LogP contribution in [0, 0.1) is 0 Å². The molecular weight excluding hydrogens is 378 g/mol. The Labute approximate surface area is 170 Å². The molecule has 0 spiro atoms. The molecule has 2 amide bonds. The van der Waals surface area contributed by atoms with Gasteiger partial charge in [0.05, 0.1) is 0 Å². The molecular formula is C21H24ClN3O3. The van der Waals surface area contributed by atoms with E-state index in [1.807, 2.05) is 29.2 Å². The third-order valence-electron chi connectivity index (χ3n) is 4.70. The number of carbonyl (C=O) groups is 2. The van der Waals surface area contributed by atoms with Crippen molar-refractivity contribution in [3.05, 3.63) is 59.1 Å². The zero-order valence-electron chi connectivity index (χ0n) is 16.1. The lowest BCUT2D eigenvalue weighted by atomic mass is 10.1. The smallest absolute Gasteiger partial charge is 0.259 e. The van der Waals surface area contributed by atoms with Crippen molar-refractivity contribution in [2.45, 2.75) is 0 Å². The van der Waals surface area contributed by atoms with Crippen molar-refractivity contribution in [3.63, 3.8) is 0 Å². The van der Waals surface area contributed by atoms with Crippen LogP contribution in [-0.2, 0) is 4.79 Å². The van der Waals surface area contributed by atoms with Crippen molar-refractivity contribution >= 4 is 29.1 Å². The predicted molar refractivity (Wildman–Crippen MR) is 110 cm³/mol. The Kier molecular flexibility index (Phi) is 6.41. The van der Waals surface area contributed by atoms with E-state index in [-0.39, 0.29) is 18.4 Å². The fourth-order valence-corrected chi connectivity index (χ4v) is 3.12. The second-order valence-corrected chi connectivity index (χ2v) is 7.30. The maximum Gasteiger partial charge on any atom is 0.259 e. The molecule has 0 aromatic heterocycles. The lowest BCUT2D eigenvalue weighted by molar-refractivity contribution is -0.130. The Morgan fingerprint density at radius 1 is 1.04 bits per heavy atom. The lowest BCUT2D eigenvalue weighted by Crippen LogP contribution is -2.48. The molecule has 1 aliphatic rings. The Balaban J connectivity index is 1.58. The summed E-state index contributed by atoms with van der Waals surface area (Å²) in [7, 11) is 3.35. The summed E-state index contributed by atoms with van der Waals surface area (Å²) in [5.74, 6) is 0.357. The molecule has 1 heterocycles. The summed E-state index contributed by atoms with van der Waals surface area (Å²) in [6.07, 6.45) is 0. The van der Waals surface area contributed by atoms with Crippen LogP contribution in [0.25, 0.3) is 0 Å². The molecule has 0 N–H and O–H groups in total. The normalized spacial score (nSPS) is 14.0. The number of hydrogen-bond donors (Lipinski definition) is 0. The third-order valence-corrected chi connectivity index (χ3v) is 4.95. The molecule has 0 radical (unpaired) electrons. The van der Waals surface area contributed by atoms with Gasteiger partial charge in [-0.2, -0.15) is 0 Å². The van der Waals surface area contributed by atoms with E-state index >= 15 is 0 Å². The van der Waals surface area contributed by atoms with Crippen LogP contribution < -0.4 is 9.64 Å². The number of likely N-dealkylation sites (N-methyl/N-ethyl adjacent to an activating group) is 1. The van der Waals surface area contributed by atoms with E-state index in [4.69, 9.17) is 16.3 Å². The Bertz CT molecular complexity index is 831. The van der Waals surface area contributed by atoms with Crippen LogP contribution in [0.15, 0.2) is 48.5 Å². The van der Waals surface area contributed by atoms with Crippen molar-refractivity contribution in [2.75, 3.05) is 51.8 Å². The molecule has 6 nitrogen and oxygen atoms in total. The second-order valence-electron chi connectivity index (χ2n) is 6.86. The first kappa shape index (κ1) is 20.0. The van der Waals surface area contributed by atoms with Gasteiger partial charge in [-0.15, -0.1) is 0 Å². The van der Waals surface area contributed by atoms with Gasteiger partial charge in [-0.1, -0.05) is 17.7 Å². The number of amides is 2. The van der Waals surface area contributed by atoms with Gasteiger partial charge in [0.2, 0.25) is 0 Å². The Morgan fingerprint density at radius 3 is 2.36 bits per heavy atom. The van der Waals surface area contributed by atoms with Crippen molar-refractivity contribution < 1.29 is 14.3 Å². The molecule has 1 saturated heterocycles. The molecule has 3 rings (SSSR count).